The molecule has 0 radical (unpaired) electrons. The van der Waals surface area contributed by atoms with E-state index in [1.54, 1.807) is 6.07 Å². The van der Waals surface area contributed by atoms with Crippen LogP contribution in [0.2, 0.25) is 0 Å². The molecule has 2 aromatic carbocycles. The van der Waals surface area contributed by atoms with Gasteiger partial charge in [-0.2, -0.15) is 5.10 Å². The predicted molar refractivity (Wildman–Crippen MR) is 121 cm³/mol. The van der Waals surface area contributed by atoms with Gasteiger partial charge in [-0.15, -0.1) is 0 Å². The molecule has 0 saturated carbocycles. The molecule has 1 aromatic heterocycles. The number of nitrogens with one attached hydrogen (secondary N) is 1. The summed E-state index contributed by atoms with van der Waals surface area (Å²) < 4.78 is 43.4. The number of aromatic amines is 1. The van der Waals surface area contributed by atoms with Gasteiger partial charge in [0.05, 0.1) is 11.9 Å². The highest BCUT2D eigenvalue weighted by molar-refractivity contribution is 7.90. The van der Waals surface area contributed by atoms with E-state index in [1.165, 1.54) is 24.6 Å². The van der Waals surface area contributed by atoms with Gasteiger partial charge < -0.3 is 4.74 Å². The van der Waals surface area contributed by atoms with Crippen molar-refractivity contribution < 1.29 is 17.5 Å². The number of hydrogen-bond acceptors (Lipinski definition) is 5. The lowest BCUT2D eigenvalue weighted by Crippen LogP contribution is -2.36. The van der Waals surface area contributed by atoms with Crippen LogP contribution in [0.15, 0.2) is 59.6 Å². The van der Waals surface area contributed by atoms with Gasteiger partial charge in [-0.25, -0.2) is 12.8 Å². The van der Waals surface area contributed by atoms with Crippen LogP contribution in [0.3, 0.4) is 0 Å². The molecule has 3 aromatic rings. The van der Waals surface area contributed by atoms with Crippen LogP contribution in [-0.4, -0.2) is 42.9 Å². The molecular weight excluding hydrogens is 429 g/mol. The van der Waals surface area contributed by atoms with Crippen molar-refractivity contribution in [2.45, 2.75) is 37.3 Å². The highest BCUT2D eigenvalue weighted by atomic mass is 32.2. The molecule has 6 nitrogen and oxygen atoms in total. The summed E-state index contributed by atoms with van der Waals surface area (Å²) in [5.41, 5.74) is 2.57. The molecule has 8 heteroatoms. The summed E-state index contributed by atoms with van der Waals surface area (Å²) in [5, 5.41) is 6.82. The third-order valence-electron chi connectivity index (χ3n) is 5.82. The van der Waals surface area contributed by atoms with Crippen molar-refractivity contribution in [3.63, 3.8) is 0 Å². The predicted octanol–water partition coefficient (Wildman–Crippen LogP) is 3.99. The normalized spacial score (nSPS) is 17.4. The van der Waals surface area contributed by atoms with Crippen LogP contribution in [0.4, 0.5) is 4.39 Å². The second-order valence-corrected chi connectivity index (χ2v) is 10.4. The Kier molecular flexibility index (Phi) is 6.91. The smallest absolute Gasteiger partial charge is 0.178 e. The first-order chi connectivity index (χ1) is 15.4. The van der Waals surface area contributed by atoms with Gasteiger partial charge in [0.2, 0.25) is 0 Å². The molecule has 4 rings (SSSR count). The topological polar surface area (TPSA) is 75.3 Å². The first kappa shape index (κ1) is 22.5. The van der Waals surface area contributed by atoms with Crippen LogP contribution in [0.25, 0.3) is 0 Å². The van der Waals surface area contributed by atoms with E-state index >= 15 is 0 Å². The fourth-order valence-electron chi connectivity index (χ4n) is 4.32. The molecule has 170 valence electrons. The Bertz CT molecular complexity index is 1160. The molecule has 1 aliphatic heterocycles. The zero-order valence-corrected chi connectivity index (χ0v) is 18.9. The summed E-state index contributed by atoms with van der Waals surface area (Å²) in [5.74, 6) is 0.881. The number of benzene rings is 2. The van der Waals surface area contributed by atoms with E-state index in [9.17, 15) is 12.8 Å². The third kappa shape index (κ3) is 5.75. The van der Waals surface area contributed by atoms with Crippen LogP contribution in [0.1, 0.15) is 29.7 Å². The number of piperidine rings is 1. The van der Waals surface area contributed by atoms with Gasteiger partial charge in [0, 0.05) is 24.9 Å². The Hall–Kier alpha value is -2.71. The van der Waals surface area contributed by atoms with Crippen molar-refractivity contribution >= 4 is 9.84 Å². The van der Waals surface area contributed by atoms with E-state index in [2.05, 4.69) is 21.2 Å². The summed E-state index contributed by atoms with van der Waals surface area (Å²) >= 11 is 0. The summed E-state index contributed by atoms with van der Waals surface area (Å²) in [6, 6.07) is 14.4. The zero-order chi connectivity index (χ0) is 22.6. The number of ether oxygens (including phenoxy) is 1. The molecular formula is C24H28FN3O3S. The molecule has 2 heterocycles. The highest BCUT2D eigenvalue weighted by Gasteiger charge is 2.24. The van der Waals surface area contributed by atoms with Gasteiger partial charge in [0.1, 0.15) is 23.1 Å². The SMILES string of the molecule is CS(=O)(=O)c1cn[nH]c1C[C@H]1CCCN(Cc2ccccc2OCc2cccc(F)c2)C1. The number of halogens is 1. The van der Waals surface area contributed by atoms with E-state index in [1.807, 2.05) is 24.3 Å². The average Bonchev–Trinajstić information content (AvgIpc) is 3.22. The van der Waals surface area contributed by atoms with Crippen LogP contribution in [0, 0.1) is 11.7 Å². The van der Waals surface area contributed by atoms with E-state index in [4.69, 9.17) is 4.74 Å². The van der Waals surface area contributed by atoms with Gasteiger partial charge >= 0.3 is 0 Å². The number of nitrogens with zero attached hydrogens (tertiary/aromatic N) is 2. The van der Waals surface area contributed by atoms with Crippen molar-refractivity contribution in [2.75, 3.05) is 19.3 Å². The Morgan fingerprint density at radius 3 is 2.88 bits per heavy atom. The van der Waals surface area contributed by atoms with Crippen molar-refractivity contribution in [3.8, 4) is 5.75 Å². The summed E-state index contributed by atoms with van der Waals surface area (Å²) in [4.78, 5) is 2.68. The lowest BCUT2D eigenvalue weighted by Gasteiger charge is -2.33. The number of aromatic nitrogens is 2. The van der Waals surface area contributed by atoms with Gasteiger partial charge in [-0.3, -0.25) is 10.00 Å². The lowest BCUT2D eigenvalue weighted by atomic mass is 9.93. The minimum atomic E-state index is -3.29. The summed E-state index contributed by atoms with van der Waals surface area (Å²) in [7, 11) is -3.29. The van der Waals surface area contributed by atoms with Crippen LogP contribution in [-0.2, 0) is 29.4 Å². The van der Waals surface area contributed by atoms with Crippen LogP contribution < -0.4 is 4.74 Å². The molecule has 32 heavy (non-hydrogen) atoms. The van der Waals surface area contributed by atoms with Gasteiger partial charge in [0.25, 0.3) is 0 Å². The second-order valence-electron chi connectivity index (χ2n) is 8.46. The molecule has 0 aliphatic carbocycles. The minimum Gasteiger partial charge on any atom is -0.489 e. The Labute approximate surface area is 188 Å². The number of para-hydroxylation sites is 1. The Morgan fingerprint density at radius 1 is 1.22 bits per heavy atom. The standard InChI is InChI=1S/C24H28FN3O3S/c1-32(29,30)24-14-26-27-22(24)13-18-7-5-11-28(15-18)16-20-8-2-3-10-23(20)31-17-19-6-4-9-21(25)12-19/h2-4,6,8-10,12,14,18H,5,7,11,13,15-17H2,1H3,(H,26,27)/t18-/m1/s1. The zero-order valence-electron chi connectivity index (χ0n) is 18.1. The number of hydrogen-bond donors (Lipinski definition) is 1. The van der Waals surface area contributed by atoms with Gasteiger partial charge in [-0.05, 0) is 55.5 Å². The van der Waals surface area contributed by atoms with Crippen LogP contribution >= 0.6 is 0 Å². The molecule has 0 bridgehead atoms. The fraction of sp³-hybridized carbons (Fsp3) is 0.375. The largest absolute Gasteiger partial charge is 0.489 e. The maximum Gasteiger partial charge on any atom is 0.178 e. The van der Waals surface area contributed by atoms with E-state index in [0.717, 1.165) is 49.4 Å². The first-order valence-electron chi connectivity index (χ1n) is 10.8. The first-order valence-corrected chi connectivity index (χ1v) is 12.7. The van der Waals surface area contributed by atoms with Crippen molar-refractivity contribution in [2.24, 2.45) is 5.92 Å². The molecule has 1 N–H and O–H groups in total. The number of rotatable bonds is 8. The maximum absolute atomic E-state index is 13.4. The maximum atomic E-state index is 13.4. The molecule has 0 amide bonds. The number of likely N-dealkylation sites (tertiary alicyclic amines) is 1. The Morgan fingerprint density at radius 2 is 2.06 bits per heavy atom. The summed E-state index contributed by atoms with van der Waals surface area (Å²) in [6.07, 6.45) is 5.39. The average molecular weight is 458 g/mol. The number of H-pyrrole nitrogens is 1. The molecule has 0 unspecified atom stereocenters. The highest BCUT2D eigenvalue weighted by Crippen LogP contribution is 2.27. The molecule has 1 saturated heterocycles. The third-order valence-corrected chi connectivity index (χ3v) is 6.97. The van der Waals surface area contributed by atoms with Crippen molar-refractivity contribution in [3.05, 3.63) is 77.4 Å². The fourth-order valence-corrected chi connectivity index (χ4v) is 5.14. The summed E-state index contributed by atoms with van der Waals surface area (Å²) in [6.45, 7) is 2.92. The van der Waals surface area contributed by atoms with E-state index in [0.29, 0.717) is 29.5 Å². The lowest BCUT2D eigenvalue weighted by molar-refractivity contribution is 0.163. The van der Waals surface area contributed by atoms with Crippen molar-refractivity contribution in [1.29, 1.82) is 0 Å². The Balaban J connectivity index is 1.40. The molecule has 1 fully saturated rings. The van der Waals surface area contributed by atoms with Gasteiger partial charge in [0.15, 0.2) is 9.84 Å². The van der Waals surface area contributed by atoms with Crippen LogP contribution in [0.5, 0.6) is 5.75 Å². The molecule has 1 aliphatic rings. The minimum absolute atomic E-state index is 0.268. The van der Waals surface area contributed by atoms with E-state index < -0.39 is 9.84 Å². The van der Waals surface area contributed by atoms with E-state index in [-0.39, 0.29) is 5.82 Å². The molecule has 0 spiro atoms. The quantitative estimate of drug-likeness (QED) is 0.554. The van der Waals surface area contributed by atoms with Gasteiger partial charge in [-0.1, -0.05) is 30.3 Å². The monoisotopic (exact) mass is 457 g/mol. The molecule has 1 atom stereocenters. The number of sulfone groups is 1. The second kappa shape index (κ2) is 9.83. The van der Waals surface area contributed by atoms with Crippen molar-refractivity contribution in [1.82, 2.24) is 15.1 Å².